The monoisotopic (exact) mass is 293 g/mol. The molecule has 0 spiro atoms. The number of hydrogen-bond acceptors (Lipinski definition) is 3. The van der Waals surface area contributed by atoms with Crippen molar-refractivity contribution < 1.29 is 0 Å². The van der Waals surface area contributed by atoms with Crippen molar-refractivity contribution >= 4 is 17.0 Å². The topological polar surface area (TPSA) is 50.2 Å². The summed E-state index contributed by atoms with van der Waals surface area (Å²) >= 11 is 1.62. The van der Waals surface area contributed by atoms with Gasteiger partial charge in [0, 0.05) is 18.0 Å². The highest BCUT2D eigenvalue weighted by Crippen LogP contribution is 2.25. The zero-order chi connectivity index (χ0) is 14.2. The fourth-order valence-corrected chi connectivity index (χ4v) is 3.06. The average molecular weight is 293 g/mol. The minimum absolute atomic E-state index is 0.0901. The quantitative estimate of drug-likeness (QED) is 0.615. The molecule has 0 aliphatic heterocycles. The SMILES string of the molecule is O=c1c(-c2ccccc2)cnc2c(-c3ccsc3)c[nH]n12. The van der Waals surface area contributed by atoms with Gasteiger partial charge in [0.05, 0.1) is 5.56 Å². The fourth-order valence-electron chi connectivity index (χ4n) is 2.40. The van der Waals surface area contributed by atoms with Crippen molar-refractivity contribution in [3.8, 4) is 22.3 Å². The van der Waals surface area contributed by atoms with E-state index in [2.05, 4.69) is 10.1 Å². The molecule has 0 saturated carbocycles. The summed E-state index contributed by atoms with van der Waals surface area (Å²) in [6, 6.07) is 11.6. The molecule has 5 heteroatoms. The van der Waals surface area contributed by atoms with Crippen LogP contribution in [0.1, 0.15) is 0 Å². The molecule has 0 aliphatic carbocycles. The molecule has 0 radical (unpaired) electrons. The van der Waals surface area contributed by atoms with Gasteiger partial charge in [-0.15, -0.1) is 0 Å². The van der Waals surface area contributed by atoms with Crippen LogP contribution < -0.4 is 5.56 Å². The Morgan fingerprint density at radius 3 is 2.67 bits per heavy atom. The predicted octanol–water partition coefficient (Wildman–Crippen LogP) is 3.42. The van der Waals surface area contributed by atoms with Crippen molar-refractivity contribution in [3.05, 3.63) is 69.9 Å². The number of hydrogen-bond donors (Lipinski definition) is 1. The van der Waals surface area contributed by atoms with Crippen molar-refractivity contribution in [2.24, 2.45) is 0 Å². The first-order valence-electron chi connectivity index (χ1n) is 6.52. The highest BCUT2D eigenvalue weighted by Gasteiger charge is 2.12. The highest BCUT2D eigenvalue weighted by molar-refractivity contribution is 7.08. The fraction of sp³-hybridized carbons (Fsp3) is 0. The summed E-state index contributed by atoms with van der Waals surface area (Å²) < 4.78 is 1.50. The molecule has 1 N–H and O–H groups in total. The number of H-pyrrole nitrogens is 1. The third-order valence-electron chi connectivity index (χ3n) is 3.46. The first-order valence-corrected chi connectivity index (χ1v) is 7.46. The van der Waals surface area contributed by atoms with Crippen LogP contribution in [0.3, 0.4) is 0 Å². The van der Waals surface area contributed by atoms with Gasteiger partial charge in [-0.2, -0.15) is 11.3 Å². The number of nitrogens with zero attached hydrogens (tertiary/aromatic N) is 2. The zero-order valence-corrected chi connectivity index (χ0v) is 11.8. The largest absolute Gasteiger partial charge is 0.296 e. The Kier molecular flexibility index (Phi) is 2.72. The van der Waals surface area contributed by atoms with Crippen molar-refractivity contribution in [1.82, 2.24) is 14.6 Å². The molecule has 4 nitrogen and oxygen atoms in total. The van der Waals surface area contributed by atoms with Crippen LogP contribution in [0.15, 0.2) is 64.3 Å². The first kappa shape index (κ1) is 12.1. The molecule has 3 aromatic heterocycles. The van der Waals surface area contributed by atoms with Crippen molar-refractivity contribution in [2.45, 2.75) is 0 Å². The Labute approximate surface area is 124 Å². The zero-order valence-electron chi connectivity index (χ0n) is 11.0. The van der Waals surface area contributed by atoms with Gasteiger partial charge in [-0.05, 0) is 28.0 Å². The lowest BCUT2D eigenvalue weighted by Crippen LogP contribution is -2.16. The Morgan fingerprint density at radius 1 is 1.05 bits per heavy atom. The predicted molar refractivity (Wildman–Crippen MR) is 84.6 cm³/mol. The van der Waals surface area contributed by atoms with Crippen LogP contribution in [0.5, 0.6) is 0 Å². The number of thiophene rings is 1. The summed E-state index contributed by atoms with van der Waals surface area (Å²) in [5.74, 6) is 0. The number of benzene rings is 1. The third kappa shape index (κ3) is 1.90. The van der Waals surface area contributed by atoms with Gasteiger partial charge in [0.25, 0.3) is 5.56 Å². The van der Waals surface area contributed by atoms with E-state index >= 15 is 0 Å². The Bertz CT molecular complexity index is 952. The van der Waals surface area contributed by atoms with E-state index in [1.807, 2.05) is 53.4 Å². The number of nitrogens with one attached hydrogen (secondary N) is 1. The molecule has 0 amide bonds. The number of fused-ring (bicyclic) bond motifs is 1. The van der Waals surface area contributed by atoms with Gasteiger partial charge < -0.3 is 0 Å². The number of aromatic amines is 1. The van der Waals surface area contributed by atoms with E-state index in [1.165, 1.54) is 4.52 Å². The van der Waals surface area contributed by atoms with Crippen LogP contribution in [0.4, 0.5) is 0 Å². The van der Waals surface area contributed by atoms with Crippen LogP contribution in [0, 0.1) is 0 Å². The lowest BCUT2D eigenvalue weighted by Gasteiger charge is -2.01. The second-order valence-electron chi connectivity index (χ2n) is 4.70. The molecule has 1 aromatic carbocycles. The standard InChI is InChI=1S/C16H11N3OS/c20-16-14(11-4-2-1-3-5-11)8-17-15-13(9-18-19(15)16)12-6-7-21-10-12/h1-10,18H. The molecule has 0 bridgehead atoms. The molecule has 102 valence electrons. The Balaban J connectivity index is 1.96. The summed E-state index contributed by atoms with van der Waals surface area (Å²) in [6.45, 7) is 0. The summed E-state index contributed by atoms with van der Waals surface area (Å²) in [6.07, 6.45) is 3.47. The summed E-state index contributed by atoms with van der Waals surface area (Å²) in [5, 5.41) is 7.05. The molecular formula is C16H11N3OS. The molecular weight excluding hydrogens is 282 g/mol. The molecule has 3 heterocycles. The summed E-state index contributed by atoms with van der Waals surface area (Å²) in [7, 11) is 0. The van der Waals surface area contributed by atoms with Crippen LogP contribution in [0.2, 0.25) is 0 Å². The molecule has 0 aliphatic rings. The van der Waals surface area contributed by atoms with E-state index in [-0.39, 0.29) is 5.56 Å². The van der Waals surface area contributed by atoms with Crippen molar-refractivity contribution in [2.75, 3.05) is 0 Å². The first-order chi connectivity index (χ1) is 10.3. The van der Waals surface area contributed by atoms with Crippen molar-refractivity contribution in [3.63, 3.8) is 0 Å². The third-order valence-corrected chi connectivity index (χ3v) is 4.14. The van der Waals surface area contributed by atoms with Crippen molar-refractivity contribution in [1.29, 1.82) is 0 Å². The molecule has 0 atom stereocenters. The van der Waals surface area contributed by atoms with Crippen LogP contribution in [-0.2, 0) is 0 Å². The maximum absolute atomic E-state index is 12.6. The molecule has 4 rings (SSSR count). The van der Waals surface area contributed by atoms with Crippen LogP contribution in [-0.4, -0.2) is 14.6 Å². The van der Waals surface area contributed by atoms with E-state index in [0.29, 0.717) is 11.2 Å². The lowest BCUT2D eigenvalue weighted by molar-refractivity contribution is 0.902. The van der Waals surface area contributed by atoms with Gasteiger partial charge in [0.15, 0.2) is 5.65 Å². The molecule has 0 unspecified atom stereocenters. The molecule has 21 heavy (non-hydrogen) atoms. The highest BCUT2D eigenvalue weighted by atomic mass is 32.1. The van der Waals surface area contributed by atoms with E-state index in [4.69, 9.17) is 0 Å². The van der Waals surface area contributed by atoms with Crippen LogP contribution in [0.25, 0.3) is 27.9 Å². The van der Waals surface area contributed by atoms with E-state index in [1.54, 1.807) is 17.5 Å². The van der Waals surface area contributed by atoms with Crippen LogP contribution >= 0.6 is 11.3 Å². The molecule has 0 saturated heterocycles. The van der Waals surface area contributed by atoms with Gasteiger partial charge in [-0.1, -0.05) is 30.3 Å². The number of aromatic nitrogens is 3. The summed E-state index contributed by atoms with van der Waals surface area (Å²) in [4.78, 5) is 17.1. The normalized spacial score (nSPS) is 11.0. The maximum Gasteiger partial charge on any atom is 0.280 e. The summed E-state index contributed by atoms with van der Waals surface area (Å²) in [5.41, 5.74) is 4.03. The Hall–Kier alpha value is -2.66. The molecule has 4 aromatic rings. The molecule has 0 fully saturated rings. The van der Waals surface area contributed by atoms with Gasteiger partial charge in [0.1, 0.15) is 0 Å². The maximum atomic E-state index is 12.6. The van der Waals surface area contributed by atoms with Gasteiger partial charge in [0.2, 0.25) is 0 Å². The minimum atomic E-state index is -0.0901. The van der Waals surface area contributed by atoms with Gasteiger partial charge in [-0.25, -0.2) is 9.50 Å². The second-order valence-corrected chi connectivity index (χ2v) is 5.48. The Morgan fingerprint density at radius 2 is 1.90 bits per heavy atom. The minimum Gasteiger partial charge on any atom is -0.296 e. The number of rotatable bonds is 2. The second kappa shape index (κ2) is 4.71. The van der Waals surface area contributed by atoms with E-state index in [0.717, 1.165) is 16.7 Å². The van der Waals surface area contributed by atoms with Gasteiger partial charge in [-0.3, -0.25) is 9.89 Å². The smallest absolute Gasteiger partial charge is 0.280 e. The average Bonchev–Trinajstić information content (AvgIpc) is 3.17. The lowest BCUT2D eigenvalue weighted by atomic mass is 10.1. The van der Waals surface area contributed by atoms with E-state index in [9.17, 15) is 4.79 Å². The van der Waals surface area contributed by atoms with Gasteiger partial charge >= 0.3 is 0 Å². The van der Waals surface area contributed by atoms with E-state index < -0.39 is 0 Å².